The van der Waals surface area contributed by atoms with E-state index in [2.05, 4.69) is 22.1 Å². The molecular weight excluding hydrogens is 374 g/mol. The molecule has 0 atom stereocenters. The third-order valence-electron chi connectivity index (χ3n) is 6.79. The van der Waals surface area contributed by atoms with Crippen LogP contribution in [0.1, 0.15) is 59.1 Å². The number of oxazole rings is 1. The van der Waals surface area contributed by atoms with Gasteiger partial charge in [0, 0.05) is 41.2 Å². The van der Waals surface area contributed by atoms with Gasteiger partial charge in [-0.3, -0.25) is 4.79 Å². The molecule has 5 heteroatoms. The van der Waals surface area contributed by atoms with Crippen molar-refractivity contribution in [3.8, 4) is 0 Å². The molecule has 0 spiro atoms. The topological polar surface area (TPSA) is 62.1 Å². The van der Waals surface area contributed by atoms with E-state index in [-0.39, 0.29) is 11.8 Å². The van der Waals surface area contributed by atoms with Gasteiger partial charge in [0.15, 0.2) is 11.5 Å². The van der Waals surface area contributed by atoms with Crippen LogP contribution >= 0.6 is 0 Å². The summed E-state index contributed by atoms with van der Waals surface area (Å²) in [5.74, 6) is 1.22. The van der Waals surface area contributed by atoms with Gasteiger partial charge in [0.05, 0.1) is 0 Å². The second-order valence-electron chi connectivity index (χ2n) is 8.64. The zero-order valence-corrected chi connectivity index (χ0v) is 17.0. The van der Waals surface area contributed by atoms with Crippen LogP contribution in [-0.2, 0) is 12.8 Å². The van der Waals surface area contributed by atoms with Gasteiger partial charge in [0.25, 0.3) is 5.91 Å². The van der Waals surface area contributed by atoms with E-state index in [1.54, 1.807) is 0 Å². The number of benzene rings is 2. The fourth-order valence-electron chi connectivity index (χ4n) is 5.12. The Morgan fingerprint density at radius 2 is 1.90 bits per heavy atom. The smallest absolute Gasteiger partial charge is 0.253 e. The summed E-state index contributed by atoms with van der Waals surface area (Å²) in [5, 5.41) is 1.23. The number of amides is 1. The number of aromatic nitrogens is 2. The number of carbonyl (C=O) groups excluding carboxylic acids is 1. The molecule has 3 heterocycles. The minimum Gasteiger partial charge on any atom is -0.440 e. The van der Waals surface area contributed by atoms with Gasteiger partial charge >= 0.3 is 0 Å². The number of aryl methyl sites for hydroxylation is 2. The number of rotatable bonds is 2. The minimum atomic E-state index is 0.138. The SMILES string of the molecule is O=C(c1ccc2[nH]c3c(c2c1)CCCC3)N1CCC(c2nc3ccccc3o2)CC1. The first-order chi connectivity index (χ1) is 14.8. The average Bonchev–Trinajstić information content (AvgIpc) is 3.40. The summed E-state index contributed by atoms with van der Waals surface area (Å²) in [6.45, 7) is 1.48. The zero-order valence-electron chi connectivity index (χ0n) is 17.0. The number of hydrogen-bond acceptors (Lipinski definition) is 3. The van der Waals surface area contributed by atoms with Crippen molar-refractivity contribution < 1.29 is 9.21 Å². The van der Waals surface area contributed by atoms with Gasteiger partial charge in [0.1, 0.15) is 5.52 Å². The van der Waals surface area contributed by atoms with Gasteiger partial charge in [-0.25, -0.2) is 4.98 Å². The number of hydrogen-bond donors (Lipinski definition) is 1. The summed E-state index contributed by atoms with van der Waals surface area (Å²) in [6.07, 6.45) is 6.50. The van der Waals surface area contributed by atoms with Gasteiger partial charge in [0.2, 0.25) is 0 Å². The second kappa shape index (κ2) is 7.01. The molecule has 152 valence electrons. The van der Waals surface area contributed by atoms with E-state index in [1.165, 1.54) is 29.5 Å². The number of fused-ring (bicyclic) bond motifs is 4. The van der Waals surface area contributed by atoms with Crippen molar-refractivity contribution in [3.05, 3.63) is 65.2 Å². The number of para-hydroxylation sites is 2. The van der Waals surface area contributed by atoms with E-state index in [9.17, 15) is 4.79 Å². The van der Waals surface area contributed by atoms with Crippen molar-refractivity contribution in [1.29, 1.82) is 0 Å². The van der Waals surface area contributed by atoms with Gasteiger partial charge in [-0.05, 0) is 74.4 Å². The molecule has 0 bridgehead atoms. The Kier molecular flexibility index (Phi) is 4.15. The average molecular weight is 399 g/mol. The molecule has 1 aliphatic heterocycles. The highest BCUT2D eigenvalue weighted by Crippen LogP contribution is 2.32. The van der Waals surface area contributed by atoms with Gasteiger partial charge in [-0.2, -0.15) is 0 Å². The van der Waals surface area contributed by atoms with Crippen LogP contribution in [0.5, 0.6) is 0 Å². The van der Waals surface area contributed by atoms with Crippen LogP contribution in [0.4, 0.5) is 0 Å². The van der Waals surface area contributed by atoms with Crippen LogP contribution in [0.15, 0.2) is 46.9 Å². The second-order valence-corrected chi connectivity index (χ2v) is 8.64. The summed E-state index contributed by atoms with van der Waals surface area (Å²) >= 11 is 0. The molecule has 1 amide bonds. The van der Waals surface area contributed by atoms with Gasteiger partial charge in [-0.1, -0.05) is 12.1 Å². The van der Waals surface area contributed by atoms with Crippen molar-refractivity contribution in [2.45, 2.75) is 44.4 Å². The lowest BCUT2D eigenvalue weighted by atomic mass is 9.94. The fraction of sp³-hybridized carbons (Fsp3) is 0.360. The highest BCUT2D eigenvalue weighted by atomic mass is 16.3. The number of carbonyl (C=O) groups is 1. The summed E-state index contributed by atoms with van der Waals surface area (Å²) in [5.41, 5.74) is 6.49. The Balaban J connectivity index is 1.20. The molecule has 5 nitrogen and oxygen atoms in total. The van der Waals surface area contributed by atoms with Crippen LogP contribution in [0.3, 0.4) is 0 Å². The van der Waals surface area contributed by atoms with Crippen molar-refractivity contribution >= 4 is 27.9 Å². The Morgan fingerprint density at radius 1 is 1.07 bits per heavy atom. The maximum absolute atomic E-state index is 13.2. The predicted molar refractivity (Wildman–Crippen MR) is 117 cm³/mol. The van der Waals surface area contributed by atoms with Crippen molar-refractivity contribution in [3.63, 3.8) is 0 Å². The zero-order chi connectivity index (χ0) is 20.1. The molecule has 2 aromatic heterocycles. The first-order valence-electron chi connectivity index (χ1n) is 11.0. The Hall–Kier alpha value is -3.08. The molecule has 0 saturated carbocycles. The lowest BCUT2D eigenvalue weighted by molar-refractivity contribution is 0.0707. The molecular formula is C25H25N3O2. The van der Waals surface area contributed by atoms with Crippen molar-refractivity contribution in [2.24, 2.45) is 0 Å². The normalized spacial score (nSPS) is 17.5. The largest absolute Gasteiger partial charge is 0.440 e. The number of aromatic amines is 1. The number of likely N-dealkylation sites (tertiary alicyclic amines) is 1. The Labute approximate surface area is 175 Å². The fourth-order valence-corrected chi connectivity index (χ4v) is 5.12. The Morgan fingerprint density at radius 3 is 2.77 bits per heavy atom. The highest BCUT2D eigenvalue weighted by molar-refractivity contribution is 5.99. The third-order valence-corrected chi connectivity index (χ3v) is 6.79. The van der Waals surface area contributed by atoms with Crippen LogP contribution in [0, 0.1) is 0 Å². The number of nitrogens with one attached hydrogen (secondary N) is 1. The first-order valence-corrected chi connectivity index (χ1v) is 11.0. The lowest BCUT2D eigenvalue weighted by Gasteiger charge is -2.30. The third kappa shape index (κ3) is 2.92. The molecule has 2 aliphatic rings. The number of nitrogens with zero attached hydrogens (tertiary/aromatic N) is 2. The summed E-state index contributed by atoms with van der Waals surface area (Å²) < 4.78 is 5.96. The molecule has 6 rings (SSSR count). The van der Waals surface area contributed by atoms with Gasteiger partial charge < -0.3 is 14.3 Å². The maximum atomic E-state index is 13.2. The standard InChI is InChI=1S/C25H25N3O2/c29-25(17-9-10-21-19(15-17)18-5-1-2-6-20(18)26-21)28-13-11-16(12-14-28)24-27-22-7-3-4-8-23(22)30-24/h3-4,7-10,15-16,26H,1-2,5-6,11-14H2. The highest BCUT2D eigenvalue weighted by Gasteiger charge is 2.28. The van der Waals surface area contributed by atoms with E-state index < -0.39 is 0 Å². The first kappa shape index (κ1) is 17.8. The molecule has 0 radical (unpaired) electrons. The monoisotopic (exact) mass is 399 g/mol. The van der Waals surface area contributed by atoms with E-state index in [1.807, 2.05) is 35.2 Å². The van der Waals surface area contributed by atoms with E-state index >= 15 is 0 Å². The van der Waals surface area contributed by atoms with Crippen molar-refractivity contribution in [2.75, 3.05) is 13.1 Å². The minimum absolute atomic E-state index is 0.138. The summed E-state index contributed by atoms with van der Waals surface area (Å²) in [4.78, 5) is 23.4. The number of piperidine rings is 1. The van der Waals surface area contributed by atoms with Crippen LogP contribution in [-0.4, -0.2) is 33.9 Å². The molecule has 30 heavy (non-hydrogen) atoms. The van der Waals surface area contributed by atoms with Crippen LogP contribution in [0.2, 0.25) is 0 Å². The number of H-pyrrole nitrogens is 1. The summed E-state index contributed by atoms with van der Waals surface area (Å²) in [6, 6.07) is 14.0. The molecule has 1 saturated heterocycles. The van der Waals surface area contributed by atoms with E-state index in [0.29, 0.717) is 0 Å². The maximum Gasteiger partial charge on any atom is 0.253 e. The molecule has 0 unspecified atom stereocenters. The predicted octanol–water partition coefficient (Wildman–Crippen LogP) is 5.21. The van der Waals surface area contributed by atoms with E-state index in [4.69, 9.17) is 4.42 Å². The van der Waals surface area contributed by atoms with Gasteiger partial charge in [-0.15, -0.1) is 0 Å². The molecule has 2 aromatic carbocycles. The van der Waals surface area contributed by atoms with Crippen LogP contribution in [0.25, 0.3) is 22.0 Å². The molecule has 1 aliphatic carbocycles. The molecule has 1 N–H and O–H groups in total. The quantitative estimate of drug-likeness (QED) is 0.503. The molecule has 1 fully saturated rings. The van der Waals surface area contributed by atoms with E-state index in [0.717, 1.165) is 66.8 Å². The lowest BCUT2D eigenvalue weighted by Crippen LogP contribution is -2.38. The molecule has 4 aromatic rings. The summed E-state index contributed by atoms with van der Waals surface area (Å²) in [7, 11) is 0. The Bertz CT molecular complexity index is 1210. The van der Waals surface area contributed by atoms with Crippen molar-refractivity contribution in [1.82, 2.24) is 14.9 Å². The van der Waals surface area contributed by atoms with Crippen LogP contribution < -0.4 is 0 Å².